The van der Waals surface area contributed by atoms with E-state index in [4.69, 9.17) is 15.3 Å². The average Bonchev–Trinajstić information content (AvgIpc) is 2.51. The highest BCUT2D eigenvalue weighted by molar-refractivity contribution is 5.69. The van der Waals surface area contributed by atoms with Crippen LogP contribution in [0.5, 0.6) is 11.5 Å². The highest BCUT2D eigenvalue weighted by Crippen LogP contribution is 2.40. The first-order chi connectivity index (χ1) is 10.2. The number of aromatic hydroxyl groups is 1. The Bertz CT molecular complexity index is 770. The van der Waals surface area contributed by atoms with Crippen molar-refractivity contribution < 1.29 is 9.84 Å². The standard InChI is InChI=1S/C17H12N2O2/c18-9-11(10-19)6-13-2-1-3-14-7-12-4-5-15(20)8-16(12)21-17(13)14/h4-8,20H,1-3H2. The second-order valence-corrected chi connectivity index (χ2v) is 4.98. The van der Waals surface area contributed by atoms with Crippen molar-refractivity contribution in [3.63, 3.8) is 0 Å². The van der Waals surface area contributed by atoms with E-state index in [9.17, 15) is 5.11 Å². The summed E-state index contributed by atoms with van der Waals surface area (Å²) < 4.78 is 5.91. The summed E-state index contributed by atoms with van der Waals surface area (Å²) in [5.41, 5.74) is 2.93. The van der Waals surface area contributed by atoms with Gasteiger partial charge >= 0.3 is 0 Å². The van der Waals surface area contributed by atoms with Gasteiger partial charge in [0.1, 0.15) is 35.0 Å². The molecule has 1 aromatic carbocycles. The number of ether oxygens (including phenoxy) is 1. The number of rotatable bonds is 1. The van der Waals surface area contributed by atoms with Crippen molar-refractivity contribution in [2.75, 3.05) is 0 Å². The van der Waals surface area contributed by atoms with E-state index >= 15 is 0 Å². The van der Waals surface area contributed by atoms with E-state index in [0.717, 1.165) is 36.0 Å². The molecular weight excluding hydrogens is 264 g/mol. The number of phenols is 1. The molecular formula is C17H12N2O2. The quantitative estimate of drug-likeness (QED) is 0.795. The van der Waals surface area contributed by atoms with Crippen molar-refractivity contribution in [1.29, 1.82) is 10.5 Å². The van der Waals surface area contributed by atoms with Gasteiger partial charge in [0.25, 0.3) is 0 Å². The van der Waals surface area contributed by atoms with Crippen LogP contribution in [0, 0.1) is 22.7 Å². The fourth-order valence-electron chi connectivity index (χ4n) is 2.60. The highest BCUT2D eigenvalue weighted by Gasteiger charge is 2.24. The number of phenolic OH excluding ortho intramolecular Hbond substituents is 1. The lowest BCUT2D eigenvalue weighted by atomic mass is 9.89. The molecule has 0 saturated carbocycles. The zero-order chi connectivity index (χ0) is 14.8. The Balaban J connectivity index is 2.11. The van der Waals surface area contributed by atoms with Gasteiger partial charge < -0.3 is 9.84 Å². The maximum atomic E-state index is 9.56. The molecule has 1 heterocycles. The van der Waals surface area contributed by atoms with Gasteiger partial charge in [0, 0.05) is 11.6 Å². The lowest BCUT2D eigenvalue weighted by Crippen LogP contribution is -2.12. The van der Waals surface area contributed by atoms with E-state index in [1.807, 2.05) is 24.3 Å². The van der Waals surface area contributed by atoms with Crippen LogP contribution in [0.25, 0.3) is 6.08 Å². The fourth-order valence-corrected chi connectivity index (χ4v) is 2.60. The van der Waals surface area contributed by atoms with E-state index in [0.29, 0.717) is 11.5 Å². The van der Waals surface area contributed by atoms with Crippen molar-refractivity contribution in [1.82, 2.24) is 0 Å². The number of nitriles is 2. The van der Waals surface area contributed by atoms with E-state index in [1.165, 1.54) is 0 Å². The normalized spacial score (nSPS) is 15.6. The number of hydrogen-bond acceptors (Lipinski definition) is 4. The predicted octanol–water partition coefficient (Wildman–Crippen LogP) is 3.58. The zero-order valence-corrected chi connectivity index (χ0v) is 11.3. The Morgan fingerprint density at radius 2 is 2.05 bits per heavy atom. The number of hydrogen-bond donors (Lipinski definition) is 1. The second-order valence-electron chi connectivity index (χ2n) is 4.98. The fraction of sp³-hybridized carbons (Fsp3) is 0.176. The van der Waals surface area contributed by atoms with Gasteiger partial charge in [0.15, 0.2) is 0 Å². The molecule has 3 rings (SSSR count). The van der Waals surface area contributed by atoms with Gasteiger partial charge in [-0.15, -0.1) is 0 Å². The minimum atomic E-state index is 0.0732. The first-order valence-corrected chi connectivity index (χ1v) is 6.68. The van der Waals surface area contributed by atoms with E-state index in [1.54, 1.807) is 18.2 Å². The van der Waals surface area contributed by atoms with Crippen LogP contribution in [0.1, 0.15) is 24.8 Å². The van der Waals surface area contributed by atoms with Gasteiger partial charge in [-0.1, -0.05) is 0 Å². The Labute approximate surface area is 122 Å². The number of fused-ring (bicyclic) bond motifs is 2. The summed E-state index contributed by atoms with van der Waals surface area (Å²) in [7, 11) is 0. The highest BCUT2D eigenvalue weighted by atomic mass is 16.5. The second kappa shape index (κ2) is 5.19. The van der Waals surface area contributed by atoms with Gasteiger partial charge in [-0.3, -0.25) is 0 Å². The monoisotopic (exact) mass is 276 g/mol. The topological polar surface area (TPSA) is 77.0 Å². The predicted molar refractivity (Wildman–Crippen MR) is 76.9 cm³/mol. The maximum Gasteiger partial charge on any atom is 0.138 e. The number of allylic oxidation sites excluding steroid dienone is 4. The molecule has 0 amide bonds. The van der Waals surface area contributed by atoms with Gasteiger partial charge in [-0.2, -0.15) is 10.5 Å². The third-order valence-electron chi connectivity index (χ3n) is 3.57. The lowest BCUT2D eigenvalue weighted by molar-refractivity contribution is 0.404. The van der Waals surface area contributed by atoms with Crippen LogP contribution in [-0.2, 0) is 0 Å². The molecule has 21 heavy (non-hydrogen) atoms. The molecule has 0 aromatic heterocycles. The van der Waals surface area contributed by atoms with Crippen molar-refractivity contribution in [3.05, 3.63) is 52.3 Å². The largest absolute Gasteiger partial charge is 0.508 e. The van der Waals surface area contributed by atoms with E-state index in [-0.39, 0.29) is 11.3 Å². The number of nitrogens with zero attached hydrogens (tertiary/aromatic N) is 2. The summed E-state index contributed by atoms with van der Waals surface area (Å²) in [5.74, 6) is 1.45. The Hall–Kier alpha value is -2.98. The molecule has 4 nitrogen and oxygen atoms in total. The molecule has 0 unspecified atom stereocenters. The molecule has 2 aliphatic rings. The van der Waals surface area contributed by atoms with Crippen LogP contribution < -0.4 is 4.74 Å². The van der Waals surface area contributed by atoms with E-state index < -0.39 is 0 Å². The van der Waals surface area contributed by atoms with Crippen LogP contribution in [0.4, 0.5) is 0 Å². The smallest absolute Gasteiger partial charge is 0.138 e. The van der Waals surface area contributed by atoms with Crippen LogP contribution in [0.3, 0.4) is 0 Å². The zero-order valence-electron chi connectivity index (χ0n) is 11.3. The summed E-state index contributed by atoms with van der Waals surface area (Å²) in [6, 6.07) is 8.76. The minimum absolute atomic E-state index is 0.0732. The van der Waals surface area contributed by atoms with Gasteiger partial charge in [-0.25, -0.2) is 0 Å². The van der Waals surface area contributed by atoms with Crippen molar-refractivity contribution in [2.45, 2.75) is 19.3 Å². The van der Waals surface area contributed by atoms with Crippen LogP contribution in [-0.4, -0.2) is 5.11 Å². The van der Waals surface area contributed by atoms with Gasteiger partial charge in [0.05, 0.1) is 0 Å². The van der Waals surface area contributed by atoms with Crippen molar-refractivity contribution in [3.8, 4) is 23.6 Å². The Morgan fingerprint density at radius 1 is 1.24 bits per heavy atom. The Morgan fingerprint density at radius 3 is 2.81 bits per heavy atom. The third kappa shape index (κ3) is 2.40. The average molecular weight is 276 g/mol. The summed E-state index contributed by atoms with van der Waals surface area (Å²) in [5, 5.41) is 27.3. The number of benzene rings is 1. The molecule has 1 aliphatic carbocycles. The van der Waals surface area contributed by atoms with Gasteiger partial charge in [-0.05, 0) is 54.7 Å². The minimum Gasteiger partial charge on any atom is -0.508 e. The summed E-state index contributed by atoms with van der Waals surface area (Å²) in [6.45, 7) is 0. The van der Waals surface area contributed by atoms with Crippen LogP contribution in [0.2, 0.25) is 0 Å². The first kappa shape index (κ1) is 13.0. The molecule has 0 bridgehead atoms. The van der Waals surface area contributed by atoms with Gasteiger partial charge in [0.2, 0.25) is 0 Å². The molecule has 0 fully saturated rings. The maximum absolute atomic E-state index is 9.56. The molecule has 0 radical (unpaired) electrons. The summed E-state index contributed by atoms with van der Waals surface area (Å²) in [4.78, 5) is 0. The molecule has 0 spiro atoms. The summed E-state index contributed by atoms with van der Waals surface area (Å²) >= 11 is 0. The SMILES string of the molecule is N#CC(C#N)=CC1=C2Oc3cc(O)ccc3C=C2CCC1. The van der Waals surface area contributed by atoms with Crippen LogP contribution >= 0.6 is 0 Å². The lowest BCUT2D eigenvalue weighted by Gasteiger charge is -2.26. The molecule has 1 N–H and O–H groups in total. The molecule has 0 atom stereocenters. The van der Waals surface area contributed by atoms with Crippen molar-refractivity contribution >= 4 is 6.08 Å². The molecule has 4 heteroatoms. The third-order valence-corrected chi connectivity index (χ3v) is 3.57. The molecule has 102 valence electrons. The summed E-state index contributed by atoms with van der Waals surface area (Å²) in [6.07, 6.45) is 6.27. The van der Waals surface area contributed by atoms with Crippen LogP contribution in [0.15, 0.2) is 46.8 Å². The first-order valence-electron chi connectivity index (χ1n) is 6.68. The molecule has 1 aliphatic heterocycles. The molecule has 0 saturated heterocycles. The van der Waals surface area contributed by atoms with Crippen molar-refractivity contribution in [2.24, 2.45) is 0 Å². The molecule has 1 aromatic rings. The van der Waals surface area contributed by atoms with E-state index in [2.05, 4.69) is 0 Å². The Kier molecular flexibility index (Phi) is 3.22.